The topological polar surface area (TPSA) is 45.2 Å². The third-order valence-corrected chi connectivity index (χ3v) is 11.8. The van der Waals surface area contributed by atoms with Crippen molar-refractivity contribution in [2.75, 3.05) is 13.1 Å². The third kappa shape index (κ3) is 5.42. The van der Waals surface area contributed by atoms with Crippen LogP contribution in [-0.4, -0.2) is 34.9 Å². The summed E-state index contributed by atoms with van der Waals surface area (Å²) in [6.45, 7) is 6.19. The SMILES string of the molecule is C=C[C@H]1CN2CC[C@H]1C[C@@H]2[C@H](NC(=O)c1ccccc1P(c1ccccc1)c1ccccc1)c1ccnc2ccccc12. The third-order valence-electron chi connectivity index (χ3n) is 9.26. The van der Waals surface area contributed by atoms with Gasteiger partial charge in [-0.25, -0.2) is 0 Å². The zero-order valence-corrected chi connectivity index (χ0v) is 25.1. The van der Waals surface area contributed by atoms with Gasteiger partial charge in [-0.1, -0.05) is 103 Å². The first-order chi connectivity index (χ1) is 21.2. The average molecular weight is 582 g/mol. The number of rotatable bonds is 8. The van der Waals surface area contributed by atoms with Crippen LogP contribution in [0, 0.1) is 11.8 Å². The molecular formula is C38H36N3OP. The normalized spacial score (nSPS) is 21.9. The van der Waals surface area contributed by atoms with Crippen molar-refractivity contribution >= 4 is 40.6 Å². The van der Waals surface area contributed by atoms with Crippen molar-refractivity contribution in [1.29, 1.82) is 0 Å². The molecule has 3 saturated heterocycles. The summed E-state index contributed by atoms with van der Waals surface area (Å²) in [5.41, 5.74) is 2.83. The molecule has 3 aliphatic heterocycles. The van der Waals surface area contributed by atoms with Crippen molar-refractivity contribution in [3.05, 3.63) is 145 Å². The summed E-state index contributed by atoms with van der Waals surface area (Å²) >= 11 is 0. The van der Waals surface area contributed by atoms with E-state index in [2.05, 4.69) is 113 Å². The zero-order valence-electron chi connectivity index (χ0n) is 24.2. The second kappa shape index (κ2) is 12.2. The number of nitrogens with zero attached hydrogens (tertiary/aromatic N) is 2. The van der Waals surface area contributed by atoms with E-state index in [1.165, 1.54) is 17.0 Å². The Morgan fingerprint density at radius 3 is 2.26 bits per heavy atom. The Bertz CT molecular complexity index is 1700. The largest absolute Gasteiger partial charge is 0.344 e. The number of piperidine rings is 3. The fraction of sp³-hybridized carbons (Fsp3) is 0.211. The van der Waals surface area contributed by atoms with Gasteiger partial charge in [-0.15, -0.1) is 6.58 Å². The Kier molecular flexibility index (Phi) is 7.89. The first kappa shape index (κ1) is 27.7. The number of fused-ring (bicyclic) bond motifs is 4. The molecule has 4 aromatic carbocycles. The summed E-state index contributed by atoms with van der Waals surface area (Å²) in [6.07, 6.45) is 6.25. The van der Waals surface area contributed by atoms with Crippen LogP contribution in [0.4, 0.5) is 0 Å². The lowest BCUT2D eigenvalue weighted by Gasteiger charge is -2.51. The summed E-state index contributed by atoms with van der Waals surface area (Å²) in [5, 5.41) is 8.23. The molecule has 1 amide bonds. The van der Waals surface area contributed by atoms with Crippen LogP contribution in [0.1, 0.15) is 34.8 Å². The predicted molar refractivity (Wildman–Crippen MR) is 179 cm³/mol. The van der Waals surface area contributed by atoms with Gasteiger partial charge in [0.15, 0.2) is 0 Å². The minimum atomic E-state index is -0.927. The maximum Gasteiger partial charge on any atom is 0.252 e. The van der Waals surface area contributed by atoms with E-state index in [9.17, 15) is 4.79 Å². The van der Waals surface area contributed by atoms with Crippen LogP contribution >= 0.6 is 7.92 Å². The molecule has 4 heterocycles. The van der Waals surface area contributed by atoms with Crippen molar-refractivity contribution in [3.8, 4) is 0 Å². The highest BCUT2D eigenvalue weighted by atomic mass is 31.1. The highest BCUT2D eigenvalue weighted by Crippen LogP contribution is 2.42. The molecule has 1 unspecified atom stereocenters. The Labute approximate surface area is 255 Å². The average Bonchev–Trinajstić information content (AvgIpc) is 3.08. The molecule has 214 valence electrons. The van der Waals surface area contributed by atoms with Crippen molar-refractivity contribution in [3.63, 3.8) is 0 Å². The predicted octanol–water partition coefficient (Wildman–Crippen LogP) is 6.36. The molecule has 1 aromatic heterocycles. The molecule has 1 N–H and O–H groups in total. The number of carbonyl (C=O) groups is 1. The minimum Gasteiger partial charge on any atom is -0.344 e. The number of hydrogen-bond donors (Lipinski definition) is 1. The summed E-state index contributed by atoms with van der Waals surface area (Å²) in [7, 11) is -0.927. The van der Waals surface area contributed by atoms with Crippen molar-refractivity contribution < 1.29 is 4.79 Å². The van der Waals surface area contributed by atoms with Crippen molar-refractivity contribution in [2.45, 2.75) is 24.9 Å². The molecule has 8 rings (SSSR count). The molecule has 2 bridgehead atoms. The summed E-state index contributed by atoms with van der Waals surface area (Å²) < 4.78 is 0. The molecular weight excluding hydrogens is 545 g/mol. The molecule has 43 heavy (non-hydrogen) atoms. The fourth-order valence-electron chi connectivity index (χ4n) is 7.16. The van der Waals surface area contributed by atoms with E-state index in [4.69, 9.17) is 0 Å². The maximum atomic E-state index is 14.6. The second-order valence-corrected chi connectivity index (χ2v) is 13.8. The number of hydrogen-bond acceptors (Lipinski definition) is 3. The highest BCUT2D eigenvalue weighted by molar-refractivity contribution is 7.80. The summed E-state index contributed by atoms with van der Waals surface area (Å²) in [4.78, 5) is 21.8. The van der Waals surface area contributed by atoms with E-state index in [-0.39, 0.29) is 18.0 Å². The van der Waals surface area contributed by atoms with E-state index in [0.29, 0.717) is 11.8 Å². The van der Waals surface area contributed by atoms with Gasteiger partial charge in [-0.3, -0.25) is 14.7 Å². The summed E-state index contributed by atoms with van der Waals surface area (Å²) in [6, 6.07) is 39.8. The number of amides is 1. The van der Waals surface area contributed by atoms with Gasteiger partial charge in [0.25, 0.3) is 5.91 Å². The number of carbonyl (C=O) groups excluding carboxylic acids is 1. The molecule has 5 atom stereocenters. The molecule has 0 radical (unpaired) electrons. The molecule has 0 aliphatic carbocycles. The number of aromatic nitrogens is 1. The van der Waals surface area contributed by atoms with Gasteiger partial charge in [0.2, 0.25) is 0 Å². The minimum absolute atomic E-state index is 0.0243. The van der Waals surface area contributed by atoms with Gasteiger partial charge >= 0.3 is 0 Å². The smallest absolute Gasteiger partial charge is 0.252 e. The quantitative estimate of drug-likeness (QED) is 0.171. The maximum absolute atomic E-state index is 14.6. The van der Waals surface area contributed by atoms with E-state index in [1.807, 2.05) is 36.5 Å². The lowest BCUT2D eigenvalue weighted by molar-refractivity contribution is 0.00171. The molecule has 5 aromatic rings. The van der Waals surface area contributed by atoms with Crippen LogP contribution in [0.5, 0.6) is 0 Å². The van der Waals surface area contributed by atoms with Crippen LogP contribution in [0.3, 0.4) is 0 Å². The Morgan fingerprint density at radius 1 is 0.884 bits per heavy atom. The number of para-hydroxylation sites is 1. The van der Waals surface area contributed by atoms with Crippen molar-refractivity contribution in [1.82, 2.24) is 15.2 Å². The second-order valence-electron chi connectivity index (χ2n) is 11.6. The van der Waals surface area contributed by atoms with E-state index >= 15 is 0 Å². The zero-order chi connectivity index (χ0) is 29.2. The number of nitrogens with one attached hydrogen (secondary N) is 1. The molecule has 3 fully saturated rings. The van der Waals surface area contributed by atoms with Crippen LogP contribution < -0.4 is 21.2 Å². The van der Waals surface area contributed by atoms with Gasteiger partial charge in [-0.05, 0) is 78.8 Å². The van der Waals surface area contributed by atoms with Crippen LogP contribution in [-0.2, 0) is 0 Å². The molecule has 3 aliphatic rings. The van der Waals surface area contributed by atoms with Gasteiger partial charge in [0.05, 0.1) is 11.6 Å². The van der Waals surface area contributed by atoms with E-state index < -0.39 is 7.92 Å². The number of pyridine rings is 1. The van der Waals surface area contributed by atoms with Crippen LogP contribution in [0.2, 0.25) is 0 Å². The molecule has 5 heteroatoms. The monoisotopic (exact) mass is 581 g/mol. The first-order valence-electron chi connectivity index (χ1n) is 15.2. The van der Waals surface area contributed by atoms with Gasteiger partial charge in [0, 0.05) is 29.7 Å². The first-order valence-corrected chi connectivity index (χ1v) is 16.6. The standard InChI is InChI=1S/C38H36N3OP/c1-2-27-26-41-24-22-28(27)25-35(41)37(32-21-23-39-34-19-11-9-17-31(32)34)40-38(42)33-18-10-12-20-36(33)43(29-13-5-3-6-14-29)30-15-7-4-8-16-30/h2-21,23,27-28,35,37H,1,22,24-26H2,(H,40,42)/t27-,28-,35+,37+/m0/s1. The van der Waals surface area contributed by atoms with Crippen LogP contribution in [0.25, 0.3) is 10.9 Å². The van der Waals surface area contributed by atoms with Crippen LogP contribution in [0.15, 0.2) is 134 Å². The molecule has 4 nitrogen and oxygen atoms in total. The molecule has 0 spiro atoms. The highest BCUT2D eigenvalue weighted by Gasteiger charge is 2.43. The molecule has 0 saturated carbocycles. The van der Waals surface area contributed by atoms with Gasteiger partial charge < -0.3 is 5.32 Å². The lowest BCUT2D eigenvalue weighted by Crippen LogP contribution is -2.57. The Hall–Kier alpha value is -4.11. The summed E-state index contributed by atoms with van der Waals surface area (Å²) in [5.74, 6) is 1.08. The van der Waals surface area contributed by atoms with E-state index in [0.717, 1.165) is 46.8 Å². The fourth-order valence-corrected chi connectivity index (χ4v) is 9.60. The van der Waals surface area contributed by atoms with Gasteiger partial charge in [0.1, 0.15) is 0 Å². The Balaban J connectivity index is 1.30. The number of benzene rings is 4. The lowest BCUT2D eigenvalue weighted by atomic mass is 9.73. The van der Waals surface area contributed by atoms with Gasteiger partial charge in [-0.2, -0.15) is 0 Å². The Morgan fingerprint density at radius 2 is 1.56 bits per heavy atom. The van der Waals surface area contributed by atoms with E-state index in [1.54, 1.807) is 0 Å². The van der Waals surface area contributed by atoms with Crippen molar-refractivity contribution in [2.24, 2.45) is 11.8 Å².